The molecule has 1 aliphatic rings. The van der Waals surface area contributed by atoms with Gasteiger partial charge in [0.2, 0.25) is 11.8 Å². The maximum atomic E-state index is 15.4. The van der Waals surface area contributed by atoms with Gasteiger partial charge < -0.3 is 20.3 Å². The lowest BCUT2D eigenvalue weighted by molar-refractivity contribution is 0.0912. The van der Waals surface area contributed by atoms with Crippen molar-refractivity contribution in [1.82, 2.24) is 24.8 Å². The molecule has 0 atom stereocenters. The summed E-state index contributed by atoms with van der Waals surface area (Å²) in [6.07, 6.45) is 3.30. The van der Waals surface area contributed by atoms with Crippen LogP contribution < -0.4 is 20.3 Å². The molecule has 5 rings (SSSR count). The Morgan fingerprint density at radius 3 is 2.73 bits per heavy atom. The molecule has 11 heteroatoms. The minimum absolute atomic E-state index is 0.00936. The molecule has 4 aromatic rings. The summed E-state index contributed by atoms with van der Waals surface area (Å²) < 4.78 is 22.6. The van der Waals surface area contributed by atoms with Crippen molar-refractivity contribution >= 4 is 39.8 Å². The van der Waals surface area contributed by atoms with Crippen LogP contribution in [-0.4, -0.2) is 51.6 Å². The fourth-order valence-corrected chi connectivity index (χ4v) is 4.35. The van der Waals surface area contributed by atoms with E-state index in [1.807, 2.05) is 12.1 Å². The van der Waals surface area contributed by atoms with E-state index in [0.717, 1.165) is 31.9 Å². The number of rotatable bonds is 6. The van der Waals surface area contributed by atoms with E-state index in [9.17, 15) is 4.79 Å². The number of benzene rings is 1. The molecule has 0 spiro atoms. The lowest BCUT2D eigenvalue weighted by atomic mass is 10.2. The number of fused-ring (bicyclic) bond motifs is 1. The second kappa shape index (κ2) is 10.2. The van der Waals surface area contributed by atoms with Gasteiger partial charge >= 0.3 is 0 Å². The van der Waals surface area contributed by atoms with E-state index in [0.29, 0.717) is 23.4 Å². The smallest absolute Gasteiger partial charge is 0.288 e. The zero-order valence-corrected chi connectivity index (χ0v) is 20.5. The van der Waals surface area contributed by atoms with Crippen LogP contribution in [0.25, 0.3) is 15.7 Å². The molecule has 4 heterocycles. The van der Waals surface area contributed by atoms with Crippen molar-refractivity contribution in [1.29, 1.82) is 0 Å². The lowest BCUT2D eigenvalue weighted by Crippen LogP contribution is -2.43. The van der Waals surface area contributed by atoms with Gasteiger partial charge in [0.25, 0.3) is 5.69 Å². The molecule has 37 heavy (non-hydrogen) atoms. The zero-order chi connectivity index (χ0) is 25.9. The van der Waals surface area contributed by atoms with Gasteiger partial charge in [0, 0.05) is 43.7 Å². The number of hydrogen-bond acceptors (Lipinski definition) is 8. The summed E-state index contributed by atoms with van der Waals surface area (Å²) >= 11 is 0. The summed E-state index contributed by atoms with van der Waals surface area (Å²) in [6, 6.07) is 8.42. The minimum atomic E-state index is -0.641. The predicted molar refractivity (Wildman–Crippen MR) is 139 cm³/mol. The topological polar surface area (TPSA) is 102 Å². The Labute approximate surface area is 212 Å². The Morgan fingerprint density at radius 2 is 2.03 bits per heavy atom. The Kier molecular flexibility index (Phi) is 6.66. The third kappa shape index (κ3) is 4.66. The van der Waals surface area contributed by atoms with Gasteiger partial charge in [0.05, 0.1) is 24.0 Å². The number of nitrogens with one attached hydrogen (secondary N) is 2. The number of ether oxygens (including phenoxy) is 1. The quantitative estimate of drug-likeness (QED) is 0.364. The van der Waals surface area contributed by atoms with Gasteiger partial charge in [0.1, 0.15) is 18.0 Å². The number of nitrogens with zero attached hydrogens (tertiary/aromatic N) is 6. The summed E-state index contributed by atoms with van der Waals surface area (Å²) in [4.78, 5) is 30.8. The molecule has 2 N–H and O–H groups in total. The summed E-state index contributed by atoms with van der Waals surface area (Å²) in [5.74, 6) is -0.280. The van der Waals surface area contributed by atoms with Crippen molar-refractivity contribution in [3.8, 4) is 11.6 Å². The van der Waals surface area contributed by atoms with E-state index in [1.165, 1.54) is 17.0 Å². The SMILES string of the molecule is [C-]#[N+]c1c(Nc2ccc(N3CCNCC3)cn2)ncnc1Oc1ccc2c(cc(C)n2C(=O)CC)c1F. The number of aromatic nitrogens is 4. The monoisotopic (exact) mass is 500 g/mol. The lowest BCUT2D eigenvalue weighted by Gasteiger charge is -2.29. The average Bonchev–Trinajstić information content (AvgIpc) is 3.27. The van der Waals surface area contributed by atoms with Gasteiger partial charge in [-0.25, -0.2) is 24.2 Å². The molecule has 1 aromatic carbocycles. The van der Waals surface area contributed by atoms with Crippen LogP contribution in [0.15, 0.2) is 42.9 Å². The first-order chi connectivity index (χ1) is 18.0. The van der Waals surface area contributed by atoms with Gasteiger partial charge in [-0.3, -0.25) is 9.36 Å². The minimum Gasteiger partial charge on any atom is -0.446 e. The zero-order valence-electron chi connectivity index (χ0n) is 20.5. The number of halogens is 1. The van der Waals surface area contributed by atoms with Crippen molar-refractivity contribution in [3.63, 3.8) is 0 Å². The van der Waals surface area contributed by atoms with Crippen LogP contribution in [-0.2, 0) is 0 Å². The van der Waals surface area contributed by atoms with E-state index < -0.39 is 5.82 Å². The van der Waals surface area contributed by atoms with Crippen molar-refractivity contribution in [3.05, 3.63) is 65.8 Å². The first-order valence-electron chi connectivity index (χ1n) is 11.9. The highest BCUT2D eigenvalue weighted by molar-refractivity contribution is 5.94. The number of anilines is 3. The van der Waals surface area contributed by atoms with Gasteiger partial charge in [-0.05, 0) is 37.3 Å². The second-order valence-corrected chi connectivity index (χ2v) is 8.53. The molecule has 3 aromatic heterocycles. The van der Waals surface area contributed by atoms with Crippen molar-refractivity contribution < 1.29 is 13.9 Å². The highest BCUT2D eigenvalue weighted by Crippen LogP contribution is 2.38. The molecular formula is C26H25FN8O2. The Hall–Kier alpha value is -4.56. The molecule has 10 nitrogen and oxygen atoms in total. The predicted octanol–water partition coefficient (Wildman–Crippen LogP) is 4.82. The number of piperazine rings is 1. The van der Waals surface area contributed by atoms with Gasteiger partial charge in [-0.15, -0.1) is 0 Å². The summed E-state index contributed by atoms with van der Waals surface area (Å²) in [6.45, 7) is 14.8. The number of carbonyl (C=O) groups excluding carboxylic acids is 1. The van der Waals surface area contributed by atoms with E-state index in [1.54, 1.807) is 32.2 Å². The standard InChI is InChI=1S/C26H25FN8O2/c1-4-22(36)35-16(2)13-18-19(35)6-7-20(23(18)27)37-26-24(28-3)25(31-15-32-26)33-21-8-5-17(14-30-21)34-11-9-29-10-12-34/h5-8,13-15,29H,4,9-12H2,1-2H3,(H,30,31,32,33). The Bertz CT molecular complexity index is 1500. The average molecular weight is 501 g/mol. The highest BCUT2D eigenvalue weighted by atomic mass is 19.1. The van der Waals surface area contributed by atoms with E-state index >= 15 is 4.39 Å². The van der Waals surface area contributed by atoms with Crippen LogP contribution in [0.5, 0.6) is 11.6 Å². The molecule has 1 fully saturated rings. The Morgan fingerprint density at radius 1 is 1.22 bits per heavy atom. The molecule has 0 unspecified atom stereocenters. The molecule has 0 radical (unpaired) electrons. The van der Waals surface area contributed by atoms with E-state index in [4.69, 9.17) is 11.3 Å². The third-order valence-corrected chi connectivity index (χ3v) is 6.20. The number of pyridine rings is 1. The van der Waals surface area contributed by atoms with Crippen LogP contribution in [0, 0.1) is 19.3 Å². The van der Waals surface area contributed by atoms with Gasteiger partial charge in [0.15, 0.2) is 11.6 Å². The maximum absolute atomic E-state index is 15.4. The second-order valence-electron chi connectivity index (χ2n) is 8.53. The van der Waals surface area contributed by atoms with Crippen molar-refractivity contribution in [2.75, 3.05) is 36.4 Å². The molecular weight excluding hydrogens is 475 g/mol. The largest absolute Gasteiger partial charge is 0.446 e. The molecule has 0 saturated carbocycles. The van der Waals surface area contributed by atoms with E-state index in [2.05, 4.69) is 35.3 Å². The van der Waals surface area contributed by atoms with Gasteiger partial charge in [-0.2, -0.15) is 0 Å². The number of carbonyl (C=O) groups is 1. The van der Waals surface area contributed by atoms with Crippen LogP contribution in [0.2, 0.25) is 0 Å². The first-order valence-corrected chi connectivity index (χ1v) is 11.9. The molecule has 0 bridgehead atoms. The molecule has 188 valence electrons. The first kappa shape index (κ1) is 24.1. The fraction of sp³-hybridized carbons (Fsp3) is 0.269. The van der Waals surface area contributed by atoms with Crippen molar-refractivity contribution in [2.45, 2.75) is 20.3 Å². The summed E-state index contributed by atoms with van der Waals surface area (Å²) in [7, 11) is 0. The Balaban J connectivity index is 1.41. The van der Waals surface area contributed by atoms with Gasteiger partial charge in [-0.1, -0.05) is 6.92 Å². The fourth-order valence-electron chi connectivity index (χ4n) is 4.35. The van der Waals surface area contributed by atoms with E-state index in [-0.39, 0.29) is 34.4 Å². The maximum Gasteiger partial charge on any atom is 0.288 e. The van der Waals surface area contributed by atoms with Crippen LogP contribution in [0.3, 0.4) is 0 Å². The number of hydrogen-bond donors (Lipinski definition) is 2. The van der Waals surface area contributed by atoms with Crippen molar-refractivity contribution in [2.24, 2.45) is 0 Å². The molecule has 1 saturated heterocycles. The van der Waals surface area contributed by atoms with Crippen LogP contribution in [0.1, 0.15) is 23.8 Å². The third-order valence-electron chi connectivity index (χ3n) is 6.20. The molecule has 0 aliphatic carbocycles. The summed E-state index contributed by atoms with van der Waals surface area (Å²) in [5.41, 5.74) is 2.09. The highest BCUT2D eigenvalue weighted by Gasteiger charge is 2.20. The normalized spacial score (nSPS) is 13.4. The van der Waals surface area contributed by atoms with Crippen LogP contribution in [0.4, 0.5) is 27.4 Å². The van der Waals surface area contributed by atoms with Crippen LogP contribution >= 0.6 is 0 Å². The molecule has 1 aliphatic heterocycles. The molecule has 0 amide bonds. The number of aryl methyl sites for hydroxylation is 1. The summed E-state index contributed by atoms with van der Waals surface area (Å²) in [5, 5.41) is 6.60.